The molecule has 0 amide bonds. The Morgan fingerprint density at radius 2 is 2.07 bits per heavy atom. The highest BCUT2D eigenvalue weighted by Gasteiger charge is 2.37. The molecule has 0 spiro atoms. The topological polar surface area (TPSA) is 78.8 Å². The molecule has 0 bridgehead atoms. The summed E-state index contributed by atoms with van der Waals surface area (Å²) in [6, 6.07) is 8.56. The van der Waals surface area contributed by atoms with Crippen LogP contribution in [0.2, 0.25) is 0 Å². The first-order chi connectivity index (χ1) is 13.0. The lowest BCUT2D eigenvalue weighted by molar-refractivity contribution is 0.0440. The second kappa shape index (κ2) is 8.82. The molecule has 4 unspecified atom stereocenters. The predicted octanol–water partition coefficient (Wildman–Crippen LogP) is 3.49. The fourth-order valence-electron chi connectivity index (χ4n) is 4.13. The molecule has 1 aromatic heterocycles. The molecule has 0 aliphatic heterocycles. The van der Waals surface area contributed by atoms with E-state index in [0.29, 0.717) is 12.3 Å². The number of thiophene rings is 1. The third kappa shape index (κ3) is 4.35. The van der Waals surface area contributed by atoms with Crippen molar-refractivity contribution in [2.75, 3.05) is 6.54 Å². The van der Waals surface area contributed by atoms with Gasteiger partial charge in [0, 0.05) is 39.9 Å². The summed E-state index contributed by atoms with van der Waals surface area (Å²) in [4.78, 5) is 15.1. The number of aryl methyl sites for hydroxylation is 2. The number of hydrogen-bond acceptors (Lipinski definition) is 6. The number of Topliss-reactive ketones (excluding diaryl/α,β-unsaturated/α-hetero) is 1. The number of carbonyl (C=O) groups is 1. The molecule has 1 heterocycles. The Labute approximate surface area is 175 Å². The Bertz CT molecular complexity index is 840. The minimum atomic E-state index is -0.634. The van der Waals surface area contributed by atoms with Crippen molar-refractivity contribution >= 4 is 29.5 Å². The largest absolute Gasteiger partial charge is 0.508 e. The van der Waals surface area contributed by atoms with Crippen molar-refractivity contribution in [3.63, 3.8) is 0 Å². The smallest absolute Gasteiger partial charge is 0.168 e. The third-order valence-corrected chi connectivity index (χ3v) is 6.69. The van der Waals surface area contributed by atoms with E-state index in [1.54, 1.807) is 35.6 Å². The van der Waals surface area contributed by atoms with Crippen molar-refractivity contribution in [1.29, 1.82) is 0 Å². The minimum Gasteiger partial charge on any atom is -0.508 e. The van der Waals surface area contributed by atoms with Gasteiger partial charge in [-0.3, -0.25) is 4.79 Å². The zero-order valence-electron chi connectivity index (χ0n) is 15.8. The number of phenolic OH excluding ortho intramolecular Hbond substituents is 1. The van der Waals surface area contributed by atoms with E-state index in [2.05, 4.69) is 5.32 Å². The van der Waals surface area contributed by atoms with Crippen molar-refractivity contribution in [1.82, 2.24) is 5.32 Å². The number of benzene rings is 1. The molecule has 2 aromatic rings. The van der Waals surface area contributed by atoms with Gasteiger partial charge in [-0.25, -0.2) is 0 Å². The Morgan fingerprint density at radius 3 is 2.86 bits per heavy atom. The summed E-state index contributed by atoms with van der Waals surface area (Å²) in [6.45, 7) is 2.64. The van der Waals surface area contributed by atoms with E-state index in [-0.39, 0.29) is 42.0 Å². The van der Waals surface area contributed by atoms with Gasteiger partial charge in [-0.05, 0) is 50.8 Å². The van der Waals surface area contributed by atoms with E-state index in [9.17, 15) is 15.0 Å². The van der Waals surface area contributed by atoms with Crippen LogP contribution in [0, 0.1) is 12.8 Å². The molecule has 1 fully saturated rings. The number of halogens is 1. The van der Waals surface area contributed by atoms with E-state index >= 15 is 0 Å². The summed E-state index contributed by atoms with van der Waals surface area (Å²) in [5.41, 5.74) is 0.896. The second-order valence-electron chi connectivity index (χ2n) is 7.53. The Hall–Kier alpha value is -1.60. The van der Waals surface area contributed by atoms with Crippen LogP contribution in [0.5, 0.6) is 11.5 Å². The number of ketones is 1. The van der Waals surface area contributed by atoms with E-state index in [1.165, 1.54) is 9.75 Å². The molecule has 4 atom stereocenters. The first kappa shape index (κ1) is 21.1. The summed E-state index contributed by atoms with van der Waals surface area (Å²) in [5.74, 6) is 0.911. The number of carbonyl (C=O) groups excluding carboxylic acids is 1. The lowest BCUT2D eigenvalue weighted by atomic mass is 9.87. The summed E-state index contributed by atoms with van der Waals surface area (Å²) in [7, 11) is 0. The molecule has 0 saturated heterocycles. The van der Waals surface area contributed by atoms with Gasteiger partial charge in [-0.15, -0.1) is 23.7 Å². The highest BCUT2D eigenvalue weighted by Crippen LogP contribution is 2.32. The highest BCUT2D eigenvalue weighted by atomic mass is 35.5. The first-order valence-corrected chi connectivity index (χ1v) is 10.3. The molecule has 7 heteroatoms. The molecule has 2 aliphatic rings. The summed E-state index contributed by atoms with van der Waals surface area (Å²) < 4.78 is 5.85. The second-order valence-corrected chi connectivity index (χ2v) is 8.87. The quantitative estimate of drug-likeness (QED) is 0.686. The number of rotatable bonds is 5. The molecule has 28 heavy (non-hydrogen) atoms. The number of phenols is 1. The lowest BCUT2D eigenvalue weighted by Gasteiger charge is -2.25. The van der Waals surface area contributed by atoms with Gasteiger partial charge >= 0.3 is 0 Å². The van der Waals surface area contributed by atoms with Gasteiger partial charge in [0.2, 0.25) is 0 Å². The predicted molar refractivity (Wildman–Crippen MR) is 112 cm³/mol. The number of ether oxygens (including phenoxy) is 1. The fraction of sp³-hybridized carbons (Fsp3) is 0.476. The van der Waals surface area contributed by atoms with E-state index < -0.39 is 6.10 Å². The van der Waals surface area contributed by atoms with E-state index in [0.717, 1.165) is 31.2 Å². The van der Waals surface area contributed by atoms with Crippen molar-refractivity contribution in [3.05, 3.63) is 45.6 Å². The van der Waals surface area contributed by atoms with E-state index in [1.807, 2.05) is 13.0 Å². The third-order valence-electron chi connectivity index (χ3n) is 5.58. The molecule has 1 saturated carbocycles. The van der Waals surface area contributed by atoms with Crippen LogP contribution < -0.4 is 10.1 Å². The Morgan fingerprint density at radius 1 is 1.25 bits per heavy atom. The molecule has 2 aliphatic carbocycles. The molecule has 0 radical (unpaired) electrons. The van der Waals surface area contributed by atoms with Gasteiger partial charge in [0.25, 0.3) is 0 Å². The molecule has 1 aromatic carbocycles. The number of aliphatic hydroxyl groups is 1. The summed E-state index contributed by atoms with van der Waals surface area (Å²) in [5, 5.41) is 23.5. The van der Waals surface area contributed by atoms with Crippen LogP contribution in [0.15, 0.2) is 30.3 Å². The van der Waals surface area contributed by atoms with Crippen LogP contribution in [-0.4, -0.2) is 40.8 Å². The lowest BCUT2D eigenvalue weighted by Crippen LogP contribution is -2.44. The van der Waals surface area contributed by atoms with Gasteiger partial charge in [0.1, 0.15) is 23.7 Å². The van der Waals surface area contributed by atoms with Crippen LogP contribution in [0.1, 0.15) is 39.4 Å². The zero-order valence-corrected chi connectivity index (χ0v) is 17.4. The number of hydrogen-bond donors (Lipinski definition) is 3. The summed E-state index contributed by atoms with van der Waals surface area (Å²) in [6.07, 6.45) is 2.42. The molecule has 4 rings (SSSR count). The number of aromatic hydroxyl groups is 1. The Kier molecular flexibility index (Phi) is 6.65. The van der Waals surface area contributed by atoms with Gasteiger partial charge in [0.15, 0.2) is 5.78 Å². The van der Waals surface area contributed by atoms with Crippen molar-refractivity contribution in [2.45, 2.75) is 50.9 Å². The van der Waals surface area contributed by atoms with Crippen molar-refractivity contribution in [2.24, 2.45) is 5.92 Å². The van der Waals surface area contributed by atoms with Crippen LogP contribution in [-0.2, 0) is 6.42 Å². The van der Waals surface area contributed by atoms with Gasteiger partial charge in [0.05, 0.1) is 0 Å². The number of aliphatic hydroxyl groups excluding tert-OH is 1. The maximum absolute atomic E-state index is 12.7. The molecule has 5 nitrogen and oxygen atoms in total. The molecular weight excluding hydrogens is 398 g/mol. The maximum Gasteiger partial charge on any atom is 0.168 e. The molecule has 3 N–H and O–H groups in total. The van der Waals surface area contributed by atoms with Crippen LogP contribution in [0.4, 0.5) is 0 Å². The van der Waals surface area contributed by atoms with Gasteiger partial charge in [-0.2, -0.15) is 0 Å². The summed E-state index contributed by atoms with van der Waals surface area (Å²) >= 11 is 1.73. The van der Waals surface area contributed by atoms with Gasteiger partial charge < -0.3 is 20.3 Å². The number of fused-ring (bicyclic) bond motifs is 1. The first-order valence-electron chi connectivity index (χ1n) is 9.52. The fourth-order valence-corrected chi connectivity index (χ4v) is 5.18. The standard InChI is InChI=1S/C21H25NO4S.ClH/c1-12-9-16-19(27-12)8-5-13(20(16)24)11-22-17-6-7-18(21(17)25)26-15-4-2-3-14(23)10-15;/h2-4,9-10,13,17-18,21-23,25H,5-8,11H2,1H3;1H. The molecule has 152 valence electrons. The average Bonchev–Trinajstić information content (AvgIpc) is 3.18. The monoisotopic (exact) mass is 423 g/mol. The SMILES string of the molecule is Cc1cc2c(s1)CCC(CNC1CCC(Oc3cccc(O)c3)C1O)C2=O.Cl. The minimum absolute atomic E-state index is 0. The van der Waals surface area contributed by atoms with Crippen molar-refractivity contribution in [3.8, 4) is 11.5 Å². The Balaban J connectivity index is 0.00000225. The zero-order chi connectivity index (χ0) is 19.0. The van der Waals surface area contributed by atoms with Gasteiger partial charge in [-0.1, -0.05) is 6.07 Å². The highest BCUT2D eigenvalue weighted by molar-refractivity contribution is 7.12. The number of nitrogens with one attached hydrogen (secondary N) is 1. The van der Waals surface area contributed by atoms with Crippen LogP contribution in [0.25, 0.3) is 0 Å². The van der Waals surface area contributed by atoms with Crippen molar-refractivity contribution < 1.29 is 19.7 Å². The van der Waals surface area contributed by atoms with E-state index in [4.69, 9.17) is 4.74 Å². The van der Waals surface area contributed by atoms with Crippen LogP contribution >= 0.6 is 23.7 Å². The van der Waals surface area contributed by atoms with Crippen LogP contribution in [0.3, 0.4) is 0 Å². The molecular formula is C21H26ClNO4S. The normalized spacial score (nSPS) is 26.6. The maximum atomic E-state index is 12.7. The average molecular weight is 424 g/mol.